The Kier molecular flexibility index (Phi) is 5.66. The molecule has 0 aliphatic carbocycles. The predicted octanol–water partition coefficient (Wildman–Crippen LogP) is 4.39. The summed E-state index contributed by atoms with van der Waals surface area (Å²) in [6, 6.07) is 3.73. The topological polar surface area (TPSA) is 18.5 Å². The van der Waals surface area contributed by atoms with Crippen molar-refractivity contribution in [3.8, 4) is 11.5 Å². The minimum Gasteiger partial charge on any atom is -0.493 e. The quantitative estimate of drug-likeness (QED) is 0.742. The number of rotatable bonds is 5. The molecule has 0 fully saturated rings. The number of methoxy groups -OCH3 is 2. The van der Waals surface area contributed by atoms with Crippen LogP contribution in [0.1, 0.15) is 18.9 Å². The first kappa shape index (κ1) is 14.2. The summed E-state index contributed by atoms with van der Waals surface area (Å²) in [7, 11) is 3.15. The number of hydrogen-bond acceptors (Lipinski definition) is 2. The van der Waals surface area contributed by atoms with Gasteiger partial charge in [0.15, 0.2) is 11.5 Å². The molecule has 0 heterocycles. The molecule has 0 atom stereocenters. The first-order valence-corrected chi connectivity index (χ1v) is 6.25. The lowest BCUT2D eigenvalue weighted by molar-refractivity contribution is 0.355. The molecule has 0 saturated heterocycles. The average molecular weight is 275 g/mol. The highest BCUT2D eigenvalue weighted by Gasteiger charge is 2.11. The van der Waals surface area contributed by atoms with Gasteiger partial charge >= 0.3 is 0 Å². The van der Waals surface area contributed by atoms with Crippen molar-refractivity contribution in [1.82, 2.24) is 0 Å². The fraction of sp³-hybridized carbons (Fsp3) is 0.385. The van der Waals surface area contributed by atoms with Gasteiger partial charge in [0, 0.05) is 5.88 Å². The van der Waals surface area contributed by atoms with Gasteiger partial charge in [-0.2, -0.15) is 0 Å². The number of ether oxygens (including phenoxy) is 2. The summed E-state index contributed by atoms with van der Waals surface area (Å²) in [5, 5.41) is 0.544. The van der Waals surface area contributed by atoms with Crippen molar-refractivity contribution < 1.29 is 9.47 Å². The fourth-order valence-electron chi connectivity index (χ4n) is 1.47. The van der Waals surface area contributed by atoms with Crippen LogP contribution in [0, 0.1) is 0 Å². The van der Waals surface area contributed by atoms with E-state index in [2.05, 4.69) is 6.92 Å². The van der Waals surface area contributed by atoms with E-state index >= 15 is 0 Å². The lowest BCUT2D eigenvalue weighted by Crippen LogP contribution is -1.93. The Morgan fingerprint density at radius 3 is 2.47 bits per heavy atom. The third-order valence-electron chi connectivity index (χ3n) is 2.50. The van der Waals surface area contributed by atoms with Crippen LogP contribution in [0.25, 0.3) is 6.08 Å². The van der Waals surface area contributed by atoms with Gasteiger partial charge in [0.25, 0.3) is 0 Å². The van der Waals surface area contributed by atoms with Crippen molar-refractivity contribution in [3.63, 3.8) is 0 Å². The second-order valence-electron chi connectivity index (χ2n) is 3.49. The smallest absolute Gasteiger partial charge is 0.179 e. The molecule has 4 heteroatoms. The summed E-state index contributed by atoms with van der Waals surface area (Å²) in [5.41, 5.74) is 2.02. The highest BCUT2D eigenvalue weighted by atomic mass is 35.5. The van der Waals surface area contributed by atoms with E-state index in [1.54, 1.807) is 14.2 Å². The summed E-state index contributed by atoms with van der Waals surface area (Å²) >= 11 is 12.1. The Morgan fingerprint density at radius 2 is 2.00 bits per heavy atom. The van der Waals surface area contributed by atoms with Crippen LogP contribution >= 0.6 is 23.2 Å². The fourth-order valence-corrected chi connectivity index (χ4v) is 2.02. The molecule has 0 aliphatic rings. The van der Waals surface area contributed by atoms with Gasteiger partial charge in [0.05, 0.1) is 19.2 Å². The number of alkyl halides is 1. The lowest BCUT2D eigenvalue weighted by Gasteiger charge is -2.11. The molecule has 0 N–H and O–H groups in total. The van der Waals surface area contributed by atoms with Crippen molar-refractivity contribution in [2.24, 2.45) is 0 Å². The zero-order valence-corrected chi connectivity index (χ0v) is 11.7. The predicted molar refractivity (Wildman–Crippen MR) is 73.5 cm³/mol. The second kappa shape index (κ2) is 6.77. The number of allylic oxidation sites excluding steroid dienone is 1. The standard InChI is InChI=1S/C13H16Cl2O2/c1-4-9(8-14)7-10-5-6-11(16-2)13(17-3)12(10)15/h5-7H,4,8H2,1-3H3. The number of hydrogen-bond donors (Lipinski definition) is 0. The second-order valence-corrected chi connectivity index (χ2v) is 4.14. The maximum atomic E-state index is 6.26. The molecule has 0 aromatic heterocycles. The van der Waals surface area contributed by atoms with Crippen molar-refractivity contribution in [3.05, 3.63) is 28.3 Å². The molecule has 1 aromatic carbocycles. The molecule has 1 aromatic rings. The van der Waals surface area contributed by atoms with Crippen LogP contribution in [0.2, 0.25) is 5.02 Å². The van der Waals surface area contributed by atoms with Crippen molar-refractivity contribution in [1.29, 1.82) is 0 Å². The number of halogens is 2. The van der Waals surface area contributed by atoms with Gasteiger partial charge in [-0.3, -0.25) is 0 Å². The Morgan fingerprint density at radius 1 is 1.29 bits per heavy atom. The van der Waals surface area contributed by atoms with E-state index in [0.717, 1.165) is 17.6 Å². The molecular weight excluding hydrogens is 259 g/mol. The molecule has 94 valence electrons. The molecule has 0 spiro atoms. The summed E-state index contributed by atoms with van der Waals surface area (Å²) < 4.78 is 10.4. The third kappa shape index (κ3) is 3.30. The monoisotopic (exact) mass is 274 g/mol. The summed E-state index contributed by atoms with van der Waals surface area (Å²) in [6.07, 6.45) is 2.88. The Labute approximate surface area is 112 Å². The Balaban J connectivity index is 3.23. The first-order chi connectivity index (χ1) is 8.17. The van der Waals surface area contributed by atoms with E-state index < -0.39 is 0 Å². The molecule has 0 bridgehead atoms. The Hall–Kier alpha value is -0.860. The van der Waals surface area contributed by atoms with Crippen molar-refractivity contribution in [2.75, 3.05) is 20.1 Å². The molecular formula is C13H16Cl2O2. The summed E-state index contributed by atoms with van der Waals surface area (Å²) in [6.45, 7) is 2.06. The third-order valence-corrected chi connectivity index (χ3v) is 3.23. The Bertz CT molecular complexity index is 408. The van der Waals surface area contributed by atoms with Crippen LogP contribution in [-0.4, -0.2) is 20.1 Å². The van der Waals surface area contributed by atoms with E-state index in [1.807, 2.05) is 18.2 Å². The molecule has 0 unspecified atom stereocenters. The average Bonchev–Trinajstić information content (AvgIpc) is 2.37. The molecule has 0 radical (unpaired) electrons. The zero-order chi connectivity index (χ0) is 12.8. The van der Waals surface area contributed by atoms with Gasteiger partial charge in [0.2, 0.25) is 0 Å². The van der Waals surface area contributed by atoms with Gasteiger partial charge in [-0.15, -0.1) is 11.6 Å². The van der Waals surface area contributed by atoms with E-state index in [1.165, 1.54) is 0 Å². The van der Waals surface area contributed by atoms with Crippen LogP contribution in [0.5, 0.6) is 11.5 Å². The minimum atomic E-state index is 0.501. The van der Waals surface area contributed by atoms with Crippen LogP contribution in [0.4, 0.5) is 0 Å². The van der Waals surface area contributed by atoms with Gasteiger partial charge < -0.3 is 9.47 Å². The highest BCUT2D eigenvalue weighted by molar-refractivity contribution is 6.33. The maximum Gasteiger partial charge on any atom is 0.179 e. The van der Waals surface area contributed by atoms with E-state index in [0.29, 0.717) is 22.4 Å². The van der Waals surface area contributed by atoms with Crippen molar-refractivity contribution in [2.45, 2.75) is 13.3 Å². The van der Waals surface area contributed by atoms with E-state index in [9.17, 15) is 0 Å². The molecule has 0 amide bonds. The molecule has 0 saturated carbocycles. The van der Waals surface area contributed by atoms with Gasteiger partial charge in [-0.05, 0) is 24.1 Å². The molecule has 17 heavy (non-hydrogen) atoms. The molecule has 0 aliphatic heterocycles. The largest absolute Gasteiger partial charge is 0.493 e. The van der Waals surface area contributed by atoms with Crippen molar-refractivity contribution >= 4 is 29.3 Å². The minimum absolute atomic E-state index is 0.501. The SMILES string of the molecule is CCC(=Cc1ccc(OC)c(OC)c1Cl)CCl. The highest BCUT2D eigenvalue weighted by Crippen LogP contribution is 2.38. The summed E-state index contributed by atoms with van der Waals surface area (Å²) in [4.78, 5) is 0. The zero-order valence-electron chi connectivity index (χ0n) is 10.2. The summed E-state index contributed by atoms with van der Waals surface area (Å²) in [5.74, 6) is 1.67. The maximum absolute atomic E-state index is 6.26. The molecule has 1 rings (SSSR count). The van der Waals surface area contributed by atoms with E-state index in [-0.39, 0.29) is 0 Å². The van der Waals surface area contributed by atoms with Gasteiger partial charge in [0.1, 0.15) is 0 Å². The van der Waals surface area contributed by atoms with Crippen LogP contribution in [-0.2, 0) is 0 Å². The lowest BCUT2D eigenvalue weighted by atomic mass is 10.1. The van der Waals surface area contributed by atoms with Gasteiger partial charge in [-0.1, -0.05) is 30.2 Å². The van der Waals surface area contributed by atoms with Gasteiger partial charge in [-0.25, -0.2) is 0 Å². The molecule has 2 nitrogen and oxygen atoms in total. The number of benzene rings is 1. The van der Waals surface area contributed by atoms with Crippen LogP contribution in [0.15, 0.2) is 17.7 Å². The van der Waals surface area contributed by atoms with E-state index in [4.69, 9.17) is 32.7 Å². The van der Waals surface area contributed by atoms with Crippen LogP contribution < -0.4 is 9.47 Å². The normalized spacial score (nSPS) is 11.5. The first-order valence-electron chi connectivity index (χ1n) is 5.33. The van der Waals surface area contributed by atoms with Crippen LogP contribution in [0.3, 0.4) is 0 Å².